The van der Waals surface area contributed by atoms with Gasteiger partial charge in [0.25, 0.3) is 0 Å². The molecule has 0 saturated heterocycles. The maximum atomic E-state index is 6.59. The third kappa shape index (κ3) is 3.31. The predicted molar refractivity (Wildman–Crippen MR) is 186 cm³/mol. The standard InChI is InChI=1S/C42H32ClN/c1-41(2)34-24-29(43)16-17-30(34)31-18-20-37-39(38(31)41)42(3,4)35-23-28(26-13-9-6-10-14-26)22-33-32-21-27(25-11-7-5-8-12-25)15-19-36(32)44(37)40(33)35/h5-24H,1-4H3. The van der Waals surface area contributed by atoms with Crippen LogP contribution in [0.25, 0.3) is 60.9 Å². The Morgan fingerprint density at radius 2 is 1.14 bits per heavy atom. The lowest BCUT2D eigenvalue weighted by Gasteiger charge is -2.39. The Balaban J connectivity index is 1.43. The quantitative estimate of drug-likeness (QED) is 0.190. The molecule has 7 aromatic rings. The Kier molecular flexibility index (Phi) is 5.14. The minimum atomic E-state index is -0.237. The van der Waals surface area contributed by atoms with Gasteiger partial charge in [-0.1, -0.05) is 118 Å². The average molecular weight is 586 g/mol. The first kappa shape index (κ1) is 25.9. The molecule has 1 aliphatic heterocycles. The highest BCUT2D eigenvalue weighted by atomic mass is 35.5. The first-order valence-corrected chi connectivity index (χ1v) is 15.9. The second kappa shape index (κ2) is 8.74. The van der Waals surface area contributed by atoms with Crippen molar-refractivity contribution in [2.24, 2.45) is 0 Å². The van der Waals surface area contributed by atoms with Crippen LogP contribution in [0.1, 0.15) is 49.9 Å². The summed E-state index contributed by atoms with van der Waals surface area (Å²) in [6.07, 6.45) is 0. The highest BCUT2D eigenvalue weighted by Gasteiger charge is 2.45. The van der Waals surface area contributed by atoms with Gasteiger partial charge in [0.15, 0.2) is 0 Å². The maximum absolute atomic E-state index is 6.59. The summed E-state index contributed by atoms with van der Waals surface area (Å²) in [5.74, 6) is 0. The summed E-state index contributed by atoms with van der Waals surface area (Å²) < 4.78 is 2.55. The fourth-order valence-corrected chi connectivity index (χ4v) is 8.48. The van der Waals surface area contributed by atoms with Crippen LogP contribution < -0.4 is 0 Å². The van der Waals surface area contributed by atoms with E-state index in [9.17, 15) is 0 Å². The minimum absolute atomic E-state index is 0.185. The molecule has 1 nitrogen and oxygen atoms in total. The number of halogens is 1. The van der Waals surface area contributed by atoms with Gasteiger partial charge in [-0.15, -0.1) is 0 Å². The second-order valence-electron chi connectivity index (χ2n) is 13.5. The molecule has 2 heterocycles. The van der Waals surface area contributed by atoms with Crippen LogP contribution in [-0.2, 0) is 10.8 Å². The third-order valence-electron chi connectivity index (χ3n) is 10.4. The molecule has 0 atom stereocenters. The number of rotatable bonds is 2. The van der Waals surface area contributed by atoms with E-state index in [1.807, 2.05) is 6.07 Å². The number of hydrogen-bond acceptors (Lipinski definition) is 0. The van der Waals surface area contributed by atoms with Crippen molar-refractivity contribution in [1.82, 2.24) is 4.57 Å². The van der Waals surface area contributed by atoms with E-state index in [0.717, 1.165) is 5.02 Å². The van der Waals surface area contributed by atoms with Gasteiger partial charge in [0.2, 0.25) is 0 Å². The SMILES string of the molecule is CC1(C)c2cc(Cl)ccc2-c2ccc3c(c21)C(C)(C)c1cc(-c2ccccc2)cc2c4cc(-c5ccccc5)ccc4n-3c12. The highest BCUT2D eigenvalue weighted by molar-refractivity contribution is 6.30. The predicted octanol–water partition coefficient (Wildman–Crippen LogP) is 11.7. The molecule has 0 N–H and O–H groups in total. The summed E-state index contributed by atoms with van der Waals surface area (Å²) in [5.41, 5.74) is 16.6. The van der Waals surface area contributed by atoms with E-state index >= 15 is 0 Å². The first-order chi connectivity index (χ1) is 21.2. The highest BCUT2D eigenvalue weighted by Crippen LogP contribution is 2.58. The van der Waals surface area contributed by atoms with Gasteiger partial charge in [0.1, 0.15) is 0 Å². The van der Waals surface area contributed by atoms with Gasteiger partial charge >= 0.3 is 0 Å². The molecule has 0 radical (unpaired) electrons. The van der Waals surface area contributed by atoms with Gasteiger partial charge in [0.05, 0.1) is 16.7 Å². The van der Waals surface area contributed by atoms with Crippen molar-refractivity contribution in [3.63, 3.8) is 0 Å². The summed E-state index contributed by atoms with van der Waals surface area (Å²) >= 11 is 6.59. The fraction of sp³-hybridized carbons (Fsp3) is 0.143. The lowest BCUT2D eigenvalue weighted by molar-refractivity contribution is 0.582. The molecule has 0 amide bonds. The van der Waals surface area contributed by atoms with E-state index < -0.39 is 0 Å². The van der Waals surface area contributed by atoms with Crippen molar-refractivity contribution in [3.8, 4) is 39.1 Å². The lowest BCUT2D eigenvalue weighted by Crippen LogP contribution is -2.31. The molecule has 0 bridgehead atoms. The number of aromatic nitrogens is 1. The monoisotopic (exact) mass is 585 g/mol. The summed E-state index contributed by atoms with van der Waals surface area (Å²) in [6, 6.07) is 44.6. The Hall–Kier alpha value is -4.59. The summed E-state index contributed by atoms with van der Waals surface area (Å²) in [5, 5.41) is 3.39. The van der Waals surface area contributed by atoms with Crippen molar-refractivity contribution in [1.29, 1.82) is 0 Å². The van der Waals surface area contributed by atoms with E-state index in [2.05, 4.69) is 148 Å². The van der Waals surface area contributed by atoms with Crippen molar-refractivity contribution < 1.29 is 0 Å². The average Bonchev–Trinajstić information content (AvgIpc) is 3.48. The molecule has 2 aliphatic rings. The molecular weight excluding hydrogens is 554 g/mol. The van der Waals surface area contributed by atoms with E-state index in [1.165, 1.54) is 83.1 Å². The van der Waals surface area contributed by atoms with Gasteiger partial charge in [-0.3, -0.25) is 0 Å². The second-order valence-corrected chi connectivity index (χ2v) is 14.0. The Morgan fingerprint density at radius 3 is 1.86 bits per heavy atom. The summed E-state index contributed by atoms with van der Waals surface area (Å²) in [4.78, 5) is 0. The smallest absolute Gasteiger partial charge is 0.0582 e. The molecule has 0 saturated carbocycles. The number of benzene rings is 6. The molecular formula is C42H32ClN. The largest absolute Gasteiger partial charge is 0.309 e. The Labute approximate surface area is 263 Å². The Bertz CT molecular complexity index is 2320. The molecule has 212 valence electrons. The van der Waals surface area contributed by atoms with Gasteiger partial charge in [0, 0.05) is 26.6 Å². The molecule has 2 heteroatoms. The van der Waals surface area contributed by atoms with Gasteiger partial charge in [-0.05, 0) is 98.1 Å². The van der Waals surface area contributed by atoms with Gasteiger partial charge in [-0.2, -0.15) is 0 Å². The van der Waals surface area contributed by atoms with Crippen LogP contribution in [0.4, 0.5) is 0 Å². The first-order valence-electron chi connectivity index (χ1n) is 15.5. The zero-order chi connectivity index (χ0) is 30.0. The van der Waals surface area contributed by atoms with Crippen LogP contribution in [0.2, 0.25) is 5.02 Å². The van der Waals surface area contributed by atoms with Crippen molar-refractivity contribution in [2.75, 3.05) is 0 Å². The van der Waals surface area contributed by atoms with Crippen LogP contribution in [0, 0.1) is 0 Å². The zero-order valence-electron chi connectivity index (χ0n) is 25.4. The number of nitrogens with zero attached hydrogens (tertiary/aromatic N) is 1. The van der Waals surface area contributed by atoms with Crippen LogP contribution in [-0.4, -0.2) is 4.57 Å². The summed E-state index contributed by atoms with van der Waals surface area (Å²) in [7, 11) is 0. The molecule has 0 fully saturated rings. The number of fused-ring (bicyclic) bond motifs is 9. The molecule has 1 aliphatic carbocycles. The van der Waals surface area contributed by atoms with E-state index in [1.54, 1.807) is 0 Å². The van der Waals surface area contributed by atoms with Crippen molar-refractivity contribution >= 4 is 33.4 Å². The lowest BCUT2D eigenvalue weighted by atomic mass is 9.67. The van der Waals surface area contributed by atoms with Gasteiger partial charge in [-0.25, -0.2) is 0 Å². The third-order valence-corrected chi connectivity index (χ3v) is 10.6. The van der Waals surface area contributed by atoms with Crippen molar-refractivity contribution in [2.45, 2.75) is 38.5 Å². The zero-order valence-corrected chi connectivity index (χ0v) is 26.1. The number of hydrogen-bond donors (Lipinski definition) is 0. The van der Waals surface area contributed by atoms with E-state index in [0.29, 0.717) is 0 Å². The maximum Gasteiger partial charge on any atom is 0.0582 e. The summed E-state index contributed by atoms with van der Waals surface area (Å²) in [6.45, 7) is 9.60. The van der Waals surface area contributed by atoms with E-state index in [4.69, 9.17) is 11.6 Å². The molecule has 44 heavy (non-hydrogen) atoms. The normalized spacial score (nSPS) is 15.3. The van der Waals surface area contributed by atoms with Crippen LogP contribution in [0.15, 0.2) is 121 Å². The molecule has 6 aromatic carbocycles. The topological polar surface area (TPSA) is 4.93 Å². The van der Waals surface area contributed by atoms with Gasteiger partial charge < -0.3 is 4.57 Å². The van der Waals surface area contributed by atoms with E-state index in [-0.39, 0.29) is 10.8 Å². The van der Waals surface area contributed by atoms with Crippen LogP contribution in [0.5, 0.6) is 0 Å². The minimum Gasteiger partial charge on any atom is -0.309 e. The van der Waals surface area contributed by atoms with Crippen molar-refractivity contribution in [3.05, 3.63) is 149 Å². The molecule has 0 spiro atoms. The molecule has 0 unspecified atom stereocenters. The Morgan fingerprint density at radius 1 is 0.500 bits per heavy atom. The molecule has 1 aromatic heterocycles. The van der Waals surface area contributed by atoms with Crippen LogP contribution >= 0.6 is 11.6 Å². The van der Waals surface area contributed by atoms with Crippen LogP contribution in [0.3, 0.4) is 0 Å². The molecule has 9 rings (SSSR count). The fourth-order valence-electron chi connectivity index (χ4n) is 8.30.